The molecule has 0 saturated carbocycles. The molecular formula is C11H16ClNO. The van der Waals surface area contributed by atoms with Crippen molar-refractivity contribution in [1.82, 2.24) is 5.32 Å². The van der Waals surface area contributed by atoms with Crippen LogP contribution in [0.15, 0.2) is 18.2 Å². The number of likely N-dealkylation sites (N-methyl/N-ethyl adjacent to an activating group) is 1. The molecule has 0 saturated heterocycles. The minimum atomic E-state index is 0.682. The van der Waals surface area contributed by atoms with E-state index in [-0.39, 0.29) is 0 Å². The van der Waals surface area contributed by atoms with E-state index in [0.717, 1.165) is 25.3 Å². The Morgan fingerprint density at radius 3 is 2.79 bits per heavy atom. The molecule has 0 aliphatic carbocycles. The minimum absolute atomic E-state index is 0.682. The van der Waals surface area contributed by atoms with Crippen molar-refractivity contribution in [2.24, 2.45) is 0 Å². The van der Waals surface area contributed by atoms with Gasteiger partial charge in [-0.1, -0.05) is 24.6 Å². The highest BCUT2D eigenvalue weighted by atomic mass is 35.5. The summed E-state index contributed by atoms with van der Waals surface area (Å²) >= 11 is 6.00. The zero-order chi connectivity index (χ0) is 10.4. The molecule has 0 aliphatic heterocycles. The molecule has 2 nitrogen and oxygen atoms in total. The van der Waals surface area contributed by atoms with Crippen LogP contribution in [0, 0.1) is 0 Å². The molecule has 0 aromatic heterocycles. The quantitative estimate of drug-likeness (QED) is 0.759. The Hall–Kier alpha value is -0.730. The standard InChI is InChI=1S/C11H16ClNO/c1-3-13-7-6-9-4-5-11(14-2)10(12)8-9/h4-5,8,13H,3,6-7H2,1-2H3. The van der Waals surface area contributed by atoms with Gasteiger partial charge in [0.15, 0.2) is 0 Å². The van der Waals surface area contributed by atoms with E-state index in [1.54, 1.807) is 7.11 Å². The molecule has 0 heterocycles. The van der Waals surface area contributed by atoms with Crippen LogP contribution in [0.4, 0.5) is 0 Å². The van der Waals surface area contributed by atoms with Crippen LogP contribution in [0.3, 0.4) is 0 Å². The van der Waals surface area contributed by atoms with Gasteiger partial charge in [-0.3, -0.25) is 0 Å². The van der Waals surface area contributed by atoms with E-state index in [1.807, 2.05) is 18.2 Å². The smallest absolute Gasteiger partial charge is 0.137 e. The summed E-state index contributed by atoms with van der Waals surface area (Å²) in [4.78, 5) is 0. The first-order valence-corrected chi connectivity index (χ1v) is 5.19. The van der Waals surface area contributed by atoms with Crippen LogP contribution in [-0.4, -0.2) is 20.2 Å². The molecule has 1 aromatic carbocycles. The Kier molecular flexibility index (Phi) is 4.77. The fourth-order valence-electron chi connectivity index (χ4n) is 1.27. The monoisotopic (exact) mass is 213 g/mol. The molecule has 0 bridgehead atoms. The summed E-state index contributed by atoms with van der Waals surface area (Å²) in [6, 6.07) is 5.91. The van der Waals surface area contributed by atoms with E-state index in [0.29, 0.717) is 5.02 Å². The number of halogens is 1. The van der Waals surface area contributed by atoms with Gasteiger partial charge in [0.25, 0.3) is 0 Å². The van der Waals surface area contributed by atoms with Gasteiger partial charge in [0.1, 0.15) is 5.75 Å². The van der Waals surface area contributed by atoms with Crippen molar-refractivity contribution in [3.63, 3.8) is 0 Å². The third-order valence-electron chi connectivity index (χ3n) is 2.06. The Balaban J connectivity index is 2.57. The lowest BCUT2D eigenvalue weighted by Crippen LogP contribution is -2.15. The Labute approximate surface area is 90.2 Å². The Bertz CT molecular complexity index is 289. The Morgan fingerprint density at radius 1 is 1.43 bits per heavy atom. The molecular weight excluding hydrogens is 198 g/mol. The van der Waals surface area contributed by atoms with Gasteiger partial charge in [0.2, 0.25) is 0 Å². The number of methoxy groups -OCH3 is 1. The van der Waals surface area contributed by atoms with Crippen LogP contribution >= 0.6 is 11.6 Å². The minimum Gasteiger partial charge on any atom is -0.495 e. The van der Waals surface area contributed by atoms with Crippen molar-refractivity contribution in [1.29, 1.82) is 0 Å². The second kappa shape index (κ2) is 5.89. The first kappa shape index (κ1) is 11.3. The van der Waals surface area contributed by atoms with Gasteiger partial charge in [-0.25, -0.2) is 0 Å². The molecule has 0 spiro atoms. The van der Waals surface area contributed by atoms with Crippen molar-refractivity contribution in [3.05, 3.63) is 28.8 Å². The summed E-state index contributed by atoms with van der Waals surface area (Å²) in [5.41, 5.74) is 1.23. The van der Waals surface area contributed by atoms with Crippen molar-refractivity contribution in [2.45, 2.75) is 13.3 Å². The highest BCUT2D eigenvalue weighted by Gasteiger charge is 2.00. The molecule has 0 fully saturated rings. The van der Waals surface area contributed by atoms with Crippen LogP contribution in [-0.2, 0) is 6.42 Å². The number of benzene rings is 1. The summed E-state index contributed by atoms with van der Waals surface area (Å²) in [6.07, 6.45) is 0.998. The van der Waals surface area contributed by atoms with Gasteiger partial charge in [0.05, 0.1) is 12.1 Å². The molecule has 0 amide bonds. The van der Waals surface area contributed by atoms with Gasteiger partial charge in [0, 0.05) is 0 Å². The average molecular weight is 214 g/mol. The number of hydrogen-bond donors (Lipinski definition) is 1. The lowest BCUT2D eigenvalue weighted by Gasteiger charge is -2.06. The average Bonchev–Trinajstić information content (AvgIpc) is 2.18. The van der Waals surface area contributed by atoms with Gasteiger partial charge in [-0.05, 0) is 37.2 Å². The second-order valence-corrected chi connectivity index (χ2v) is 3.48. The molecule has 0 radical (unpaired) electrons. The number of rotatable bonds is 5. The van der Waals surface area contributed by atoms with Gasteiger partial charge >= 0.3 is 0 Å². The maximum atomic E-state index is 6.00. The summed E-state index contributed by atoms with van der Waals surface area (Å²) in [5.74, 6) is 0.735. The number of nitrogens with one attached hydrogen (secondary N) is 1. The topological polar surface area (TPSA) is 21.3 Å². The predicted octanol–water partition coefficient (Wildman–Crippen LogP) is 2.50. The predicted molar refractivity (Wildman–Crippen MR) is 60.3 cm³/mol. The summed E-state index contributed by atoms with van der Waals surface area (Å²) in [5, 5.41) is 3.95. The summed E-state index contributed by atoms with van der Waals surface area (Å²) in [6.45, 7) is 4.09. The molecule has 0 aliphatic rings. The van der Waals surface area contributed by atoms with E-state index in [4.69, 9.17) is 16.3 Å². The van der Waals surface area contributed by atoms with E-state index in [9.17, 15) is 0 Å². The first-order valence-electron chi connectivity index (χ1n) is 4.81. The van der Waals surface area contributed by atoms with Crippen molar-refractivity contribution >= 4 is 11.6 Å². The van der Waals surface area contributed by atoms with Crippen LogP contribution in [0.1, 0.15) is 12.5 Å². The fourth-order valence-corrected chi connectivity index (χ4v) is 1.56. The van der Waals surface area contributed by atoms with Crippen LogP contribution < -0.4 is 10.1 Å². The third-order valence-corrected chi connectivity index (χ3v) is 2.35. The Morgan fingerprint density at radius 2 is 2.21 bits per heavy atom. The van der Waals surface area contributed by atoms with E-state index in [2.05, 4.69) is 12.2 Å². The molecule has 3 heteroatoms. The van der Waals surface area contributed by atoms with E-state index >= 15 is 0 Å². The van der Waals surface area contributed by atoms with E-state index < -0.39 is 0 Å². The van der Waals surface area contributed by atoms with Gasteiger partial charge < -0.3 is 10.1 Å². The normalized spacial score (nSPS) is 10.2. The highest BCUT2D eigenvalue weighted by molar-refractivity contribution is 6.32. The molecule has 1 rings (SSSR count). The second-order valence-electron chi connectivity index (χ2n) is 3.07. The molecule has 78 valence electrons. The van der Waals surface area contributed by atoms with Crippen LogP contribution in [0.25, 0.3) is 0 Å². The molecule has 1 N–H and O–H groups in total. The SMILES string of the molecule is CCNCCc1ccc(OC)c(Cl)c1. The summed E-state index contributed by atoms with van der Waals surface area (Å²) in [7, 11) is 1.62. The van der Waals surface area contributed by atoms with Crippen molar-refractivity contribution in [3.8, 4) is 5.75 Å². The largest absolute Gasteiger partial charge is 0.495 e. The van der Waals surface area contributed by atoms with Gasteiger partial charge in [-0.2, -0.15) is 0 Å². The lowest BCUT2D eigenvalue weighted by atomic mass is 10.1. The highest BCUT2D eigenvalue weighted by Crippen LogP contribution is 2.24. The molecule has 0 atom stereocenters. The zero-order valence-electron chi connectivity index (χ0n) is 8.64. The molecule has 0 unspecified atom stereocenters. The molecule has 14 heavy (non-hydrogen) atoms. The van der Waals surface area contributed by atoms with E-state index in [1.165, 1.54) is 5.56 Å². The maximum absolute atomic E-state index is 6.00. The molecule has 1 aromatic rings. The van der Waals surface area contributed by atoms with Crippen molar-refractivity contribution < 1.29 is 4.74 Å². The lowest BCUT2D eigenvalue weighted by molar-refractivity contribution is 0.415. The summed E-state index contributed by atoms with van der Waals surface area (Å²) < 4.78 is 5.08. The maximum Gasteiger partial charge on any atom is 0.137 e. The van der Waals surface area contributed by atoms with Crippen molar-refractivity contribution in [2.75, 3.05) is 20.2 Å². The zero-order valence-corrected chi connectivity index (χ0v) is 9.40. The van der Waals surface area contributed by atoms with Gasteiger partial charge in [-0.15, -0.1) is 0 Å². The number of ether oxygens (including phenoxy) is 1. The first-order chi connectivity index (χ1) is 6.77. The van der Waals surface area contributed by atoms with Crippen LogP contribution in [0.5, 0.6) is 5.75 Å². The fraction of sp³-hybridized carbons (Fsp3) is 0.455. The van der Waals surface area contributed by atoms with Crippen LogP contribution in [0.2, 0.25) is 5.02 Å². The number of hydrogen-bond acceptors (Lipinski definition) is 2. The third kappa shape index (κ3) is 3.20.